The molecule has 0 aromatic heterocycles. The second-order valence-corrected chi connectivity index (χ2v) is 7.19. The molecule has 2 atom stereocenters. The number of amides is 2. The molecular weight excluding hydrogens is 330 g/mol. The molecule has 1 aliphatic heterocycles. The molecule has 25 heavy (non-hydrogen) atoms. The molecule has 1 rings (SSSR count). The van der Waals surface area contributed by atoms with Crippen LogP contribution in [0.4, 0.5) is 0 Å². The van der Waals surface area contributed by atoms with E-state index in [2.05, 4.69) is 0 Å². The maximum Gasteiger partial charge on any atom is 0.329 e. The van der Waals surface area contributed by atoms with Gasteiger partial charge in [0.05, 0.1) is 17.7 Å². The Bertz CT molecular complexity index is 483. The molecule has 0 saturated carbocycles. The molecule has 0 bridgehead atoms. The molecule has 0 spiro atoms. The van der Waals surface area contributed by atoms with Gasteiger partial charge in [0.25, 0.3) is 0 Å². The van der Waals surface area contributed by atoms with E-state index in [1.165, 1.54) is 0 Å². The first kappa shape index (κ1) is 21.3. The van der Waals surface area contributed by atoms with Gasteiger partial charge in [-0.25, -0.2) is 4.79 Å². The van der Waals surface area contributed by atoms with Crippen LogP contribution in [0.15, 0.2) is 0 Å². The summed E-state index contributed by atoms with van der Waals surface area (Å²) in [7, 11) is 0. The summed E-state index contributed by atoms with van der Waals surface area (Å²) in [5.74, 6) is -1.95. The molecule has 9 nitrogen and oxygen atoms in total. The molecule has 1 saturated heterocycles. The zero-order valence-electron chi connectivity index (χ0n) is 15.1. The van der Waals surface area contributed by atoms with E-state index >= 15 is 0 Å². The fourth-order valence-corrected chi connectivity index (χ4v) is 2.65. The molecule has 1 aliphatic rings. The Hall–Kier alpha value is -1.71. The van der Waals surface area contributed by atoms with E-state index in [-0.39, 0.29) is 25.0 Å². The molecule has 5 N–H and O–H groups in total. The zero-order valence-corrected chi connectivity index (χ0v) is 15.1. The van der Waals surface area contributed by atoms with E-state index in [4.69, 9.17) is 26.0 Å². The zero-order chi connectivity index (χ0) is 19.2. The number of likely N-dealkylation sites (tertiary alicyclic amines) is 1. The van der Waals surface area contributed by atoms with E-state index < -0.39 is 29.6 Å². The van der Waals surface area contributed by atoms with Crippen LogP contribution in [0.2, 0.25) is 0 Å². The van der Waals surface area contributed by atoms with Crippen molar-refractivity contribution < 1.29 is 29.0 Å². The summed E-state index contributed by atoms with van der Waals surface area (Å²) in [6.45, 7) is 5.88. The molecule has 1 fully saturated rings. The van der Waals surface area contributed by atoms with Crippen LogP contribution in [-0.2, 0) is 23.9 Å². The van der Waals surface area contributed by atoms with Gasteiger partial charge in [-0.05, 0) is 33.6 Å². The Morgan fingerprint density at radius 3 is 2.24 bits per heavy atom. The van der Waals surface area contributed by atoms with Crippen LogP contribution in [-0.4, -0.2) is 71.3 Å². The van der Waals surface area contributed by atoms with Gasteiger partial charge in [0.15, 0.2) is 0 Å². The number of primary amides is 1. The summed E-state index contributed by atoms with van der Waals surface area (Å²) in [6.07, 6.45) is -0.0113. The van der Waals surface area contributed by atoms with Gasteiger partial charge in [-0.2, -0.15) is 0 Å². The Morgan fingerprint density at radius 2 is 1.80 bits per heavy atom. The van der Waals surface area contributed by atoms with Gasteiger partial charge in [-0.3, -0.25) is 9.59 Å². The maximum atomic E-state index is 12.5. The Kier molecular flexibility index (Phi) is 7.78. The lowest BCUT2D eigenvalue weighted by Crippen LogP contribution is -2.51. The first-order valence-electron chi connectivity index (χ1n) is 8.34. The molecule has 1 heterocycles. The summed E-state index contributed by atoms with van der Waals surface area (Å²) >= 11 is 0. The van der Waals surface area contributed by atoms with Crippen molar-refractivity contribution in [2.24, 2.45) is 11.5 Å². The van der Waals surface area contributed by atoms with Crippen LogP contribution in [0.5, 0.6) is 0 Å². The van der Waals surface area contributed by atoms with Crippen LogP contribution in [0.25, 0.3) is 0 Å². The summed E-state index contributed by atoms with van der Waals surface area (Å²) in [6, 6.07) is -0.892. The molecule has 0 radical (unpaired) electrons. The Labute approximate surface area is 147 Å². The highest BCUT2D eigenvalue weighted by Crippen LogP contribution is 2.17. The number of carboxylic acid groups (broad SMARTS) is 1. The van der Waals surface area contributed by atoms with Crippen LogP contribution < -0.4 is 11.5 Å². The second kappa shape index (κ2) is 9.12. The predicted molar refractivity (Wildman–Crippen MR) is 89.6 cm³/mol. The summed E-state index contributed by atoms with van der Waals surface area (Å²) < 4.78 is 10.8. The first-order chi connectivity index (χ1) is 11.5. The van der Waals surface area contributed by atoms with Crippen LogP contribution in [0.1, 0.15) is 40.0 Å². The van der Waals surface area contributed by atoms with Gasteiger partial charge in [-0.15, -0.1) is 0 Å². The van der Waals surface area contributed by atoms with Gasteiger partial charge >= 0.3 is 5.97 Å². The maximum absolute atomic E-state index is 12.5. The number of aliphatic carboxylic acids is 1. The lowest BCUT2D eigenvalue weighted by molar-refractivity contribution is -0.148. The monoisotopic (exact) mass is 359 g/mol. The number of rotatable bonds is 8. The smallest absolute Gasteiger partial charge is 0.329 e. The van der Waals surface area contributed by atoms with Gasteiger partial charge in [0, 0.05) is 19.5 Å². The largest absolute Gasteiger partial charge is 0.480 e. The summed E-state index contributed by atoms with van der Waals surface area (Å²) in [5, 5.41) is 8.61. The molecule has 0 aliphatic carbocycles. The molecule has 1 unspecified atom stereocenters. The quantitative estimate of drug-likeness (QED) is 0.528. The fraction of sp³-hybridized carbons (Fsp3) is 0.812. The average molecular weight is 359 g/mol. The number of carbonyl (C=O) groups is 3. The summed E-state index contributed by atoms with van der Waals surface area (Å²) in [4.78, 5) is 36.1. The number of hydrogen-bond acceptors (Lipinski definition) is 6. The number of hydrogen-bond donors (Lipinski definition) is 3. The highest BCUT2D eigenvalue weighted by molar-refractivity contribution is 5.84. The van der Waals surface area contributed by atoms with Crippen LogP contribution >= 0.6 is 0 Å². The van der Waals surface area contributed by atoms with Crippen molar-refractivity contribution in [3.8, 4) is 0 Å². The van der Waals surface area contributed by atoms with Crippen molar-refractivity contribution in [1.29, 1.82) is 0 Å². The van der Waals surface area contributed by atoms with E-state index in [9.17, 15) is 14.4 Å². The minimum absolute atomic E-state index is 0.0148. The van der Waals surface area contributed by atoms with Gasteiger partial charge < -0.3 is 30.9 Å². The van der Waals surface area contributed by atoms with E-state index in [1.807, 2.05) is 0 Å². The van der Waals surface area contributed by atoms with Crippen molar-refractivity contribution in [2.75, 3.05) is 19.7 Å². The van der Waals surface area contributed by atoms with Gasteiger partial charge in [0.2, 0.25) is 11.8 Å². The van der Waals surface area contributed by atoms with Crippen molar-refractivity contribution in [2.45, 2.75) is 63.9 Å². The van der Waals surface area contributed by atoms with Crippen LogP contribution in [0.3, 0.4) is 0 Å². The van der Waals surface area contributed by atoms with Crippen molar-refractivity contribution >= 4 is 17.8 Å². The standard InChI is InChI=1S/C16H29N3O6/c1-16(2,3)25-12(14(18)22)8-11(17)15(23)19-6-4-10(5-7-19)24-9-13(20)21/h10-12H,4-9,17H2,1-3H3,(H2,18,22)(H,20,21)/t11-,12?/m0/s1. The highest BCUT2D eigenvalue weighted by Gasteiger charge is 2.31. The van der Waals surface area contributed by atoms with Gasteiger partial charge in [-0.1, -0.05) is 0 Å². The van der Waals surface area contributed by atoms with Crippen molar-refractivity contribution in [3.63, 3.8) is 0 Å². The lowest BCUT2D eigenvalue weighted by Gasteiger charge is -2.34. The van der Waals surface area contributed by atoms with Gasteiger partial charge in [0.1, 0.15) is 12.7 Å². The molecule has 144 valence electrons. The topological polar surface area (TPSA) is 145 Å². The molecule has 0 aromatic rings. The SMILES string of the molecule is CC(C)(C)OC(C[C@H](N)C(=O)N1CCC(OCC(=O)O)CC1)C(N)=O. The summed E-state index contributed by atoms with van der Waals surface area (Å²) in [5.41, 5.74) is 10.7. The van der Waals surface area contributed by atoms with E-state index in [0.717, 1.165) is 0 Å². The lowest BCUT2D eigenvalue weighted by atomic mass is 10.0. The number of ether oxygens (including phenoxy) is 2. The molecule has 2 amide bonds. The highest BCUT2D eigenvalue weighted by atomic mass is 16.5. The molecule has 0 aromatic carbocycles. The van der Waals surface area contributed by atoms with E-state index in [0.29, 0.717) is 25.9 Å². The van der Waals surface area contributed by atoms with Crippen molar-refractivity contribution in [1.82, 2.24) is 4.90 Å². The third-order valence-corrected chi connectivity index (χ3v) is 3.79. The number of piperidine rings is 1. The van der Waals surface area contributed by atoms with E-state index in [1.54, 1.807) is 25.7 Å². The number of nitrogens with two attached hydrogens (primary N) is 2. The minimum Gasteiger partial charge on any atom is -0.480 e. The average Bonchev–Trinajstić information content (AvgIpc) is 2.50. The van der Waals surface area contributed by atoms with Crippen LogP contribution in [0, 0.1) is 0 Å². The molecule has 9 heteroatoms. The number of nitrogens with zero attached hydrogens (tertiary/aromatic N) is 1. The fourth-order valence-electron chi connectivity index (χ4n) is 2.65. The van der Waals surface area contributed by atoms with Crippen molar-refractivity contribution in [3.05, 3.63) is 0 Å². The Balaban J connectivity index is 2.50. The first-order valence-corrected chi connectivity index (χ1v) is 8.34. The second-order valence-electron chi connectivity index (χ2n) is 7.19. The minimum atomic E-state index is -1.02. The number of carboxylic acids is 1. The normalized spacial score (nSPS) is 18.6. The Morgan fingerprint density at radius 1 is 1.24 bits per heavy atom. The third kappa shape index (κ3) is 7.80. The molecular formula is C16H29N3O6. The predicted octanol–water partition coefficient (Wildman–Crippen LogP) is -0.535. The third-order valence-electron chi connectivity index (χ3n) is 3.79. The number of carbonyl (C=O) groups excluding carboxylic acids is 2.